The predicted molar refractivity (Wildman–Crippen MR) is 167 cm³/mol. The Morgan fingerprint density at radius 2 is 0.711 bits per heavy atom. The van der Waals surface area contributed by atoms with Crippen LogP contribution in [0.1, 0.15) is 65.2 Å². The van der Waals surface area contributed by atoms with E-state index in [0.29, 0.717) is 0 Å². The standard InChI is InChI=1S/C36H44N2/c1-3-5-7-15-29-37(33-17-11-9-12-18-33)35-25-21-31(22-26-35)32-23-27-36(28-24-32)38(30-16-8-6-4-2)34-19-13-10-14-20-34/h9-14,17-28H,3-8,15-16,29-30H2,1-2H3. The number of hydrogen-bond donors (Lipinski definition) is 0. The van der Waals surface area contributed by atoms with Gasteiger partial charge in [-0.3, -0.25) is 0 Å². The summed E-state index contributed by atoms with van der Waals surface area (Å²) in [6, 6.07) is 39.8. The van der Waals surface area contributed by atoms with Crippen LogP contribution in [0.15, 0.2) is 109 Å². The molecule has 0 fully saturated rings. The lowest BCUT2D eigenvalue weighted by Crippen LogP contribution is -2.18. The van der Waals surface area contributed by atoms with Gasteiger partial charge in [-0.1, -0.05) is 113 Å². The summed E-state index contributed by atoms with van der Waals surface area (Å²) < 4.78 is 0. The van der Waals surface area contributed by atoms with Crippen molar-refractivity contribution in [2.45, 2.75) is 65.2 Å². The molecule has 198 valence electrons. The average Bonchev–Trinajstić information content (AvgIpc) is 2.98. The summed E-state index contributed by atoms with van der Waals surface area (Å²) in [6.45, 7) is 6.64. The van der Waals surface area contributed by atoms with E-state index >= 15 is 0 Å². The second kappa shape index (κ2) is 15.0. The fraction of sp³-hybridized carbons (Fsp3) is 0.333. The van der Waals surface area contributed by atoms with Gasteiger partial charge in [-0.2, -0.15) is 0 Å². The van der Waals surface area contributed by atoms with Gasteiger partial charge < -0.3 is 9.80 Å². The first kappa shape index (κ1) is 27.5. The van der Waals surface area contributed by atoms with Crippen LogP contribution in [-0.4, -0.2) is 13.1 Å². The van der Waals surface area contributed by atoms with Crippen molar-refractivity contribution in [3.8, 4) is 11.1 Å². The van der Waals surface area contributed by atoms with Crippen LogP contribution < -0.4 is 9.80 Å². The van der Waals surface area contributed by atoms with Gasteiger partial charge in [0.2, 0.25) is 0 Å². The molecular weight excluding hydrogens is 460 g/mol. The number of benzene rings is 4. The van der Waals surface area contributed by atoms with Crippen molar-refractivity contribution < 1.29 is 0 Å². The second-order valence-electron chi connectivity index (χ2n) is 10.2. The van der Waals surface area contributed by atoms with Crippen molar-refractivity contribution in [3.05, 3.63) is 109 Å². The van der Waals surface area contributed by atoms with E-state index in [0.717, 1.165) is 13.1 Å². The van der Waals surface area contributed by atoms with Crippen LogP contribution in [0, 0.1) is 0 Å². The third kappa shape index (κ3) is 7.74. The first-order chi connectivity index (χ1) is 18.8. The highest BCUT2D eigenvalue weighted by atomic mass is 15.1. The Morgan fingerprint density at radius 3 is 1.05 bits per heavy atom. The van der Waals surface area contributed by atoms with Crippen LogP contribution >= 0.6 is 0 Å². The highest BCUT2D eigenvalue weighted by Gasteiger charge is 2.11. The smallest absolute Gasteiger partial charge is 0.0411 e. The zero-order valence-corrected chi connectivity index (χ0v) is 23.4. The van der Waals surface area contributed by atoms with Crippen molar-refractivity contribution in [1.82, 2.24) is 0 Å². The van der Waals surface area contributed by atoms with Gasteiger partial charge in [0.25, 0.3) is 0 Å². The van der Waals surface area contributed by atoms with Crippen molar-refractivity contribution in [2.24, 2.45) is 0 Å². The molecule has 4 rings (SSSR count). The summed E-state index contributed by atoms with van der Waals surface area (Å²) >= 11 is 0. The molecule has 0 aromatic heterocycles. The average molecular weight is 505 g/mol. The minimum absolute atomic E-state index is 1.05. The van der Waals surface area contributed by atoms with E-state index in [-0.39, 0.29) is 0 Å². The van der Waals surface area contributed by atoms with E-state index < -0.39 is 0 Å². The highest BCUT2D eigenvalue weighted by Crippen LogP contribution is 2.31. The lowest BCUT2D eigenvalue weighted by Gasteiger charge is -2.26. The second-order valence-corrected chi connectivity index (χ2v) is 10.2. The maximum atomic E-state index is 2.46. The van der Waals surface area contributed by atoms with Gasteiger partial charge in [-0.05, 0) is 72.5 Å². The number of anilines is 4. The molecule has 0 amide bonds. The minimum atomic E-state index is 1.05. The molecule has 0 atom stereocenters. The molecule has 38 heavy (non-hydrogen) atoms. The van der Waals surface area contributed by atoms with Gasteiger partial charge in [0.15, 0.2) is 0 Å². The van der Waals surface area contributed by atoms with Gasteiger partial charge in [-0.15, -0.1) is 0 Å². The maximum Gasteiger partial charge on any atom is 0.0411 e. The first-order valence-electron chi connectivity index (χ1n) is 14.7. The monoisotopic (exact) mass is 504 g/mol. The van der Waals surface area contributed by atoms with Crippen LogP contribution in [0.3, 0.4) is 0 Å². The number of nitrogens with zero attached hydrogens (tertiary/aromatic N) is 2. The van der Waals surface area contributed by atoms with Crippen molar-refractivity contribution in [3.63, 3.8) is 0 Å². The summed E-state index contributed by atoms with van der Waals surface area (Å²) in [7, 11) is 0. The third-order valence-corrected chi connectivity index (χ3v) is 7.30. The van der Waals surface area contributed by atoms with Crippen LogP contribution in [0.2, 0.25) is 0 Å². The number of hydrogen-bond acceptors (Lipinski definition) is 2. The quantitative estimate of drug-likeness (QED) is 0.149. The van der Waals surface area contributed by atoms with Crippen LogP contribution in [0.25, 0.3) is 11.1 Å². The van der Waals surface area contributed by atoms with E-state index in [9.17, 15) is 0 Å². The fourth-order valence-electron chi connectivity index (χ4n) is 5.09. The molecule has 0 bridgehead atoms. The molecule has 0 radical (unpaired) electrons. The summed E-state index contributed by atoms with van der Waals surface area (Å²) in [5.74, 6) is 0. The molecule has 0 heterocycles. The van der Waals surface area contributed by atoms with E-state index in [1.165, 1.54) is 85.2 Å². The van der Waals surface area contributed by atoms with Gasteiger partial charge in [-0.25, -0.2) is 0 Å². The molecule has 0 N–H and O–H groups in total. The van der Waals surface area contributed by atoms with Crippen LogP contribution in [0.4, 0.5) is 22.7 Å². The Kier molecular flexibility index (Phi) is 10.9. The molecule has 0 saturated heterocycles. The Morgan fingerprint density at radius 1 is 0.368 bits per heavy atom. The lowest BCUT2D eigenvalue weighted by molar-refractivity contribution is 0.668. The Balaban J connectivity index is 1.49. The summed E-state index contributed by atoms with van der Waals surface area (Å²) in [6.07, 6.45) is 10.1. The molecule has 0 spiro atoms. The molecule has 0 aliphatic carbocycles. The van der Waals surface area contributed by atoms with E-state index in [2.05, 4.69) is 133 Å². The SMILES string of the molecule is CCCCCCN(c1ccccc1)c1ccc(-c2ccc(N(CCCCCC)c3ccccc3)cc2)cc1. The summed E-state index contributed by atoms with van der Waals surface area (Å²) in [5, 5.41) is 0. The minimum Gasteiger partial charge on any atom is -0.341 e. The number of unbranched alkanes of at least 4 members (excludes halogenated alkanes) is 6. The topological polar surface area (TPSA) is 6.48 Å². The van der Waals surface area contributed by atoms with Crippen molar-refractivity contribution in [1.29, 1.82) is 0 Å². The molecule has 0 aliphatic heterocycles. The lowest BCUT2D eigenvalue weighted by atomic mass is 10.0. The highest BCUT2D eigenvalue weighted by molar-refractivity contribution is 5.72. The van der Waals surface area contributed by atoms with Gasteiger partial charge >= 0.3 is 0 Å². The molecule has 0 unspecified atom stereocenters. The predicted octanol–water partition coefficient (Wildman–Crippen LogP) is 10.8. The summed E-state index contributed by atoms with van der Waals surface area (Å²) in [4.78, 5) is 4.91. The molecule has 4 aromatic carbocycles. The molecule has 4 aromatic rings. The summed E-state index contributed by atoms with van der Waals surface area (Å²) in [5.41, 5.74) is 7.56. The Labute approximate surface area is 231 Å². The zero-order chi connectivity index (χ0) is 26.4. The number of rotatable bonds is 15. The Hall–Kier alpha value is -3.52. The normalized spacial score (nSPS) is 10.9. The van der Waals surface area contributed by atoms with Gasteiger partial charge in [0.05, 0.1) is 0 Å². The van der Waals surface area contributed by atoms with E-state index in [1.54, 1.807) is 0 Å². The van der Waals surface area contributed by atoms with E-state index in [4.69, 9.17) is 0 Å². The number of para-hydroxylation sites is 2. The molecule has 2 heteroatoms. The van der Waals surface area contributed by atoms with E-state index in [1.807, 2.05) is 0 Å². The fourth-order valence-corrected chi connectivity index (χ4v) is 5.09. The molecule has 2 nitrogen and oxygen atoms in total. The zero-order valence-electron chi connectivity index (χ0n) is 23.4. The largest absolute Gasteiger partial charge is 0.341 e. The molecule has 0 aliphatic rings. The Bertz CT molecular complexity index is 1070. The van der Waals surface area contributed by atoms with Crippen LogP contribution in [-0.2, 0) is 0 Å². The molecular formula is C36H44N2. The third-order valence-electron chi connectivity index (χ3n) is 7.30. The van der Waals surface area contributed by atoms with Crippen LogP contribution in [0.5, 0.6) is 0 Å². The molecule has 0 saturated carbocycles. The van der Waals surface area contributed by atoms with Crippen molar-refractivity contribution >= 4 is 22.7 Å². The maximum absolute atomic E-state index is 2.46. The van der Waals surface area contributed by atoms with Gasteiger partial charge in [0, 0.05) is 35.8 Å². The van der Waals surface area contributed by atoms with Gasteiger partial charge in [0.1, 0.15) is 0 Å². The first-order valence-corrected chi connectivity index (χ1v) is 14.7. The van der Waals surface area contributed by atoms with Crippen molar-refractivity contribution in [2.75, 3.05) is 22.9 Å².